The van der Waals surface area contributed by atoms with E-state index >= 15 is 0 Å². The fraction of sp³-hybridized carbons (Fsp3) is 0.265. The lowest BCUT2D eigenvalue weighted by atomic mass is 9.96. The molecule has 0 aromatic heterocycles. The molecule has 4 aromatic carbocycles. The van der Waals surface area contributed by atoms with Gasteiger partial charge in [0.2, 0.25) is 0 Å². The molecule has 4 aromatic rings. The van der Waals surface area contributed by atoms with Crippen LogP contribution in [0.15, 0.2) is 103 Å². The summed E-state index contributed by atoms with van der Waals surface area (Å²) in [5.41, 5.74) is 4.01. The molecular formula is C34H36N2O4. The minimum Gasteiger partial charge on any atom is -0.497 e. The highest BCUT2D eigenvalue weighted by Crippen LogP contribution is 2.30. The van der Waals surface area contributed by atoms with E-state index in [1.165, 1.54) is 11.1 Å². The number of ether oxygens (including phenoxy) is 3. The molecule has 0 atom stereocenters. The third-order valence-corrected chi connectivity index (χ3v) is 7.24. The van der Waals surface area contributed by atoms with Crippen LogP contribution in [0.3, 0.4) is 0 Å². The molecule has 6 nitrogen and oxygen atoms in total. The number of piperazine rings is 1. The van der Waals surface area contributed by atoms with Gasteiger partial charge in [0.25, 0.3) is 5.91 Å². The van der Waals surface area contributed by atoms with Gasteiger partial charge in [0, 0.05) is 43.4 Å². The number of hydrogen-bond donors (Lipinski definition) is 0. The van der Waals surface area contributed by atoms with E-state index in [-0.39, 0.29) is 18.6 Å². The molecule has 1 heterocycles. The van der Waals surface area contributed by atoms with Crippen LogP contribution in [0.5, 0.6) is 17.2 Å². The molecule has 1 fully saturated rings. The molecule has 1 aliphatic heterocycles. The molecule has 206 valence electrons. The standard InChI is InChI=1S/C34H36N2O4/c1-3-39-32-18-17-28(23-29(32)25-40-31-16-10-15-30(24-31)38-2)34(37)36-21-19-35(20-22-36)33(26-11-6-4-7-12-26)27-13-8-5-9-14-27/h4-18,23-24,33H,3,19-22,25H2,1-2H3. The van der Waals surface area contributed by atoms with E-state index in [2.05, 4.69) is 65.6 Å². The van der Waals surface area contributed by atoms with Gasteiger partial charge in [-0.1, -0.05) is 66.7 Å². The van der Waals surface area contributed by atoms with Crippen LogP contribution in [0.4, 0.5) is 0 Å². The summed E-state index contributed by atoms with van der Waals surface area (Å²) in [6, 6.07) is 34.5. The molecule has 1 aliphatic rings. The van der Waals surface area contributed by atoms with Gasteiger partial charge in [0.15, 0.2) is 0 Å². The summed E-state index contributed by atoms with van der Waals surface area (Å²) in [5.74, 6) is 2.18. The molecule has 5 rings (SSSR count). The topological polar surface area (TPSA) is 51.2 Å². The lowest BCUT2D eigenvalue weighted by Crippen LogP contribution is -2.49. The average Bonchev–Trinajstić information content (AvgIpc) is 3.02. The highest BCUT2D eigenvalue weighted by molar-refractivity contribution is 5.94. The zero-order valence-electron chi connectivity index (χ0n) is 23.2. The predicted molar refractivity (Wildman–Crippen MR) is 157 cm³/mol. The van der Waals surface area contributed by atoms with Crippen molar-refractivity contribution in [2.24, 2.45) is 0 Å². The van der Waals surface area contributed by atoms with Gasteiger partial charge in [-0.15, -0.1) is 0 Å². The second-order valence-corrected chi connectivity index (χ2v) is 9.78. The van der Waals surface area contributed by atoms with Gasteiger partial charge < -0.3 is 19.1 Å². The van der Waals surface area contributed by atoms with Crippen molar-refractivity contribution in [3.63, 3.8) is 0 Å². The Bertz CT molecular complexity index is 1350. The zero-order valence-corrected chi connectivity index (χ0v) is 23.2. The largest absolute Gasteiger partial charge is 0.497 e. The van der Waals surface area contributed by atoms with Crippen LogP contribution in [-0.4, -0.2) is 55.6 Å². The summed E-state index contributed by atoms with van der Waals surface area (Å²) in [7, 11) is 1.63. The first-order chi connectivity index (χ1) is 19.7. The van der Waals surface area contributed by atoms with Crippen LogP contribution in [0.2, 0.25) is 0 Å². The molecule has 0 unspecified atom stereocenters. The van der Waals surface area contributed by atoms with E-state index in [0.717, 1.165) is 30.2 Å². The molecule has 0 N–H and O–H groups in total. The van der Waals surface area contributed by atoms with Crippen LogP contribution in [0.1, 0.15) is 40.0 Å². The summed E-state index contributed by atoms with van der Waals surface area (Å²) in [6.45, 7) is 5.68. The van der Waals surface area contributed by atoms with Crippen LogP contribution in [0.25, 0.3) is 0 Å². The molecule has 0 spiro atoms. The van der Waals surface area contributed by atoms with Crippen molar-refractivity contribution in [3.05, 3.63) is 125 Å². The van der Waals surface area contributed by atoms with Crippen LogP contribution in [0, 0.1) is 0 Å². The number of nitrogens with zero attached hydrogens (tertiary/aromatic N) is 2. The molecule has 1 amide bonds. The molecule has 0 aliphatic carbocycles. The first kappa shape index (κ1) is 27.3. The molecule has 0 saturated carbocycles. The molecule has 0 radical (unpaired) electrons. The number of carbonyl (C=O) groups is 1. The Balaban J connectivity index is 1.29. The number of methoxy groups -OCH3 is 1. The van der Waals surface area contributed by atoms with Crippen molar-refractivity contribution >= 4 is 5.91 Å². The van der Waals surface area contributed by atoms with E-state index in [4.69, 9.17) is 14.2 Å². The number of rotatable bonds is 10. The van der Waals surface area contributed by atoms with Crippen LogP contribution in [-0.2, 0) is 6.61 Å². The monoisotopic (exact) mass is 536 g/mol. The highest BCUT2D eigenvalue weighted by atomic mass is 16.5. The Morgan fingerprint density at radius 1 is 0.750 bits per heavy atom. The van der Waals surface area contributed by atoms with Gasteiger partial charge in [-0.05, 0) is 48.4 Å². The number of hydrogen-bond acceptors (Lipinski definition) is 5. The molecule has 1 saturated heterocycles. The van der Waals surface area contributed by atoms with Gasteiger partial charge in [0.1, 0.15) is 23.9 Å². The average molecular weight is 537 g/mol. The van der Waals surface area contributed by atoms with E-state index < -0.39 is 0 Å². The maximum absolute atomic E-state index is 13.6. The number of carbonyl (C=O) groups excluding carboxylic acids is 1. The van der Waals surface area contributed by atoms with Crippen molar-refractivity contribution in [2.45, 2.75) is 19.6 Å². The lowest BCUT2D eigenvalue weighted by Gasteiger charge is -2.40. The maximum atomic E-state index is 13.6. The van der Waals surface area contributed by atoms with E-state index in [1.807, 2.05) is 54.3 Å². The second kappa shape index (κ2) is 13.2. The summed E-state index contributed by atoms with van der Waals surface area (Å²) >= 11 is 0. The minimum atomic E-state index is 0.0290. The van der Waals surface area contributed by atoms with Crippen LogP contribution >= 0.6 is 0 Å². The maximum Gasteiger partial charge on any atom is 0.253 e. The van der Waals surface area contributed by atoms with Crippen LogP contribution < -0.4 is 14.2 Å². The zero-order chi connectivity index (χ0) is 27.7. The highest BCUT2D eigenvalue weighted by Gasteiger charge is 2.28. The normalized spacial score (nSPS) is 13.7. The van der Waals surface area contributed by atoms with Crippen molar-refractivity contribution in [3.8, 4) is 17.2 Å². The van der Waals surface area contributed by atoms with Gasteiger partial charge in [0.05, 0.1) is 19.8 Å². The Morgan fingerprint density at radius 3 is 2.02 bits per heavy atom. The summed E-state index contributed by atoms with van der Waals surface area (Å²) in [5, 5.41) is 0. The van der Waals surface area contributed by atoms with Crippen molar-refractivity contribution in [1.82, 2.24) is 9.80 Å². The van der Waals surface area contributed by atoms with Crippen molar-refractivity contribution in [1.29, 1.82) is 0 Å². The third-order valence-electron chi connectivity index (χ3n) is 7.24. The predicted octanol–water partition coefficient (Wildman–Crippen LogP) is 6.22. The Kier molecular flexibility index (Phi) is 8.99. The summed E-state index contributed by atoms with van der Waals surface area (Å²) < 4.78 is 17.2. The molecule has 40 heavy (non-hydrogen) atoms. The van der Waals surface area contributed by atoms with E-state index in [9.17, 15) is 4.79 Å². The summed E-state index contributed by atoms with van der Waals surface area (Å²) in [6.07, 6.45) is 0. The first-order valence-corrected chi connectivity index (χ1v) is 13.8. The van der Waals surface area contributed by atoms with Gasteiger partial charge in [-0.3, -0.25) is 9.69 Å². The first-order valence-electron chi connectivity index (χ1n) is 13.8. The van der Waals surface area contributed by atoms with E-state index in [0.29, 0.717) is 31.0 Å². The van der Waals surface area contributed by atoms with Crippen molar-refractivity contribution in [2.75, 3.05) is 39.9 Å². The van der Waals surface area contributed by atoms with Gasteiger partial charge in [-0.2, -0.15) is 0 Å². The van der Waals surface area contributed by atoms with Gasteiger partial charge >= 0.3 is 0 Å². The van der Waals surface area contributed by atoms with E-state index in [1.54, 1.807) is 7.11 Å². The molecule has 6 heteroatoms. The molecule has 0 bridgehead atoms. The Hall–Kier alpha value is -4.29. The summed E-state index contributed by atoms with van der Waals surface area (Å²) in [4.78, 5) is 18.0. The number of benzene rings is 4. The van der Waals surface area contributed by atoms with Crippen molar-refractivity contribution < 1.29 is 19.0 Å². The number of amides is 1. The fourth-order valence-electron chi connectivity index (χ4n) is 5.22. The third kappa shape index (κ3) is 6.46. The Morgan fingerprint density at radius 2 is 1.40 bits per heavy atom. The minimum absolute atomic E-state index is 0.0290. The molecular weight excluding hydrogens is 500 g/mol. The SMILES string of the molecule is CCOc1ccc(C(=O)N2CCN(C(c3ccccc3)c3ccccc3)CC2)cc1COc1cccc(OC)c1. The quantitative estimate of drug-likeness (QED) is 0.241. The smallest absolute Gasteiger partial charge is 0.253 e. The van der Waals surface area contributed by atoms with Gasteiger partial charge in [-0.25, -0.2) is 0 Å². The lowest BCUT2D eigenvalue weighted by molar-refractivity contribution is 0.0597. The fourth-order valence-corrected chi connectivity index (χ4v) is 5.22. The Labute approximate surface area is 236 Å². The second-order valence-electron chi connectivity index (χ2n) is 9.78.